The normalized spacial score (nSPS) is 13.2. The van der Waals surface area contributed by atoms with Crippen molar-refractivity contribution in [2.45, 2.75) is 33.2 Å². The van der Waals surface area contributed by atoms with Crippen LogP contribution in [0.25, 0.3) is 11.0 Å². The monoisotopic (exact) mass is 275 g/mol. The molecule has 2 aromatic rings. The highest BCUT2D eigenvalue weighted by atomic mass is 16.5. The molecule has 1 aromatic carbocycles. The molecule has 0 aliphatic carbocycles. The highest BCUT2D eigenvalue weighted by Crippen LogP contribution is 2.32. The molecule has 0 aliphatic heterocycles. The molecule has 0 aliphatic rings. The van der Waals surface area contributed by atoms with Gasteiger partial charge >= 0.3 is 0 Å². The van der Waals surface area contributed by atoms with Crippen molar-refractivity contribution in [3.8, 4) is 5.75 Å². The second kappa shape index (κ2) is 5.57. The Morgan fingerprint density at radius 3 is 2.75 bits per heavy atom. The van der Waals surface area contributed by atoms with E-state index in [1.807, 2.05) is 18.2 Å². The summed E-state index contributed by atoms with van der Waals surface area (Å²) in [5.74, 6) is 0.726. The van der Waals surface area contributed by atoms with Gasteiger partial charge in [-0.3, -0.25) is 4.79 Å². The highest BCUT2D eigenvalue weighted by molar-refractivity contribution is 5.86. The van der Waals surface area contributed by atoms with Crippen LogP contribution < -0.4 is 10.1 Å². The molecule has 0 fully saturated rings. The zero-order valence-electron chi connectivity index (χ0n) is 12.4. The smallest absolute Gasteiger partial charge is 0.207 e. The van der Waals surface area contributed by atoms with Crippen molar-refractivity contribution in [3.63, 3.8) is 0 Å². The molecule has 0 spiro atoms. The van der Waals surface area contributed by atoms with Gasteiger partial charge in [-0.25, -0.2) is 0 Å². The second-order valence-corrected chi connectivity index (χ2v) is 6.01. The van der Waals surface area contributed by atoms with Crippen molar-refractivity contribution in [1.82, 2.24) is 5.32 Å². The molecule has 2 rings (SSSR count). The first-order chi connectivity index (χ1) is 9.47. The molecule has 0 radical (unpaired) electrons. The standard InChI is InChI=1S/C16H21NO3/c1-16(2,3)14(17-10-18)8-11-9-20-15-12(11)6-5-7-13(15)19-4/h5-7,9-10,14H,8H2,1-4H3,(H,17,18)/t14-/m1/s1. The average Bonchev–Trinajstić information content (AvgIpc) is 2.80. The molecule has 108 valence electrons. The summed E-state index contributed by atoms with van der Waals surface area (Å²) >= 11 is 0. The van der Waals surface area contributed by atoms with Gasteiger partial charge in [0.15, 0.2) is 11.3 Å². The highest BCUT2D eigenvalue weighted by Gasteiger charge is 2.25. The van der Waals surface area contributed by atoms with Crippen LogP contribution in [-0.2, 0) is 11.2 Å². The van der Waals surface area contributed by atoms with Gasteiger partial charge in [0.25, 0.3) is 0 Å². The molecular weight excluding hydrogens is 254 g/mol. The van der Waals surface area contributed by atoms with Gasteiger partial charge in [-0.1, -0.05) is 32.9 Å². The lowest BCUT2D eigenvalue weighted by Crippen LogP contribution is -2.41. The first kappa shape index (κ1) is 14.4. The number of carbonyl (C=O) groups excluding carboxylic acids is 1. The van der Waals surface area contributed by atoms with Gasteiger partial charge in [0, 0.05) is 17.0 Å². The van der Waals surface area contributed by atoms with E-state index in [4.69, 9.17) is 9.15 Å². The van der Waals surface area contributed by atoms with Crippen molar-refractivity contribution >= 4 is 17.4 Å². The van der Waals surface area contributed by atoms with Crippen LogP contribution in [0.5, 0.6) is 5.75 Å². The lowest BCUT2D eigenvalue weighted by atomic mass is 9.83. The van der Waals surface area contributed by atoms with E-state index >= 15 is 0 Å². The fourth-order valence-corrected chi connectivity index (χ4v) is 2.32. The van der Waals surface area contributed by atoms with Crippen molar-refractivity contribution in [2.24, 2.45) is 5.41 Å². The summed E-state index contributed by atoms with van der Waals surface area (Å²) in [6.45, 7) is 6.32. The number of hydrogen-bond donors (Lipinski definition) is 1. The van der Waals surface area contributed by atoms with Crippen LogP contribution in [0, 0.1) is 5.41 Å². The molecule has 1 heterocycles. The Kier molecular flexibility index (Phi) is 4.02. The fraction of sp³-hybridized carbons (Fsp3) is 0.438. The van der Waals surface area contributed by atoms with Gasteiger partial charge < -0.3 is 14.5 Å². The Balaban J connectivity index is 2.36. The van der Waals surface area contributed by atoms with Gasteiger partial charge in [0.05, 0.1) is 13.4 Å². The predicted octanol–water partition coefficient (Wildman–Crippen LogP) is 3.14. The maximum Gasteiger partial charge on any atom is 0.207 e. The van der Waals surface area contributed by atoms with Gasteiger partial charge in [-0.15, -0.1) is 0 Å². The number of hydrogen-bond acceptors (Lipinski definition) is 3. The third-order valence-electron chi connectivity index (χ3n) is 3.60. The minimum Gasteiger partial charge on any atom is -0.493 e. The number of furan rings is 1. The van der Waals surface area contributed by atoms with Crippen molar-refractivity contribution in [2.75, 3.05) is 7.11 Å². The largest absolute Gasteiger partial charge is 0.493 e. The Morgan fingerprint density at radius 1 is 1.40 bits per heavy atom. The summed E-state index contributed by atoms with van der Waals surface area (Å²) in [6, 6.07) is 5.88. The van der Waals surface area contributed by atoms with E-state index in [9.17, 15) is 4.79 Å². The van der Waals surface area contributed by atoms with E-state index in [-0.39, 0.29) is 11.5 Å². The number of carbonyl (C=O) groups is 1. The van der Waals surface area contributed by atoms with Crippen LogP contribution in [0.2, 0.25) is 0 Å². The molecule has 0 saturated carbocycles. The van der Waals surface area contributed by atoms with E-state index in [0.29, 0.717) is 0 Å². The molecule has 1 N–H and O–H groups in total. The molecule has 4 nitrogen and oxygen atoms in total. The molecule has 0 bridgehead atoms. The number of amides is 1. The Morgan fingerprint density at radius 2 is 2.15 bits per heavy atom. The third-order valence-corrected chi connectivity index (χ3v) is 3.60. The van der Waals surface area contributed by atoms with Crippen molar-refractivity contribution < 1.29 is 13.9 Å². The zero-order chi connectivity index (χ0) is 14.8. The van der Waals surface area contributed by atoms with E-state index < -0.39 is 0 Å². The molecule has 1 atom stereocenters. The first-order valence-electron chi connectivity index (χ1n) is 6.70. The molecule has 1 amide bonds. The van der Waals surface area contributed by atoms with Gasteiger partial charge in [-0.05, 0) is 17.9 Å². The number of benzene rings is 1. The maximum atomic E-state index is 10.8. The topological polar surface area (TPSA) is 51.5 Å². The summed E-state index contributed by atoms with van der Waals surface area (Å²) in [6.07, 6.45) is 3.24. The number of nitrogens with one attached hydrogen (secondary N) is 1. The third kappa shape index (κ3) is 2.79. The lowest BCUT2D eigenvalue weighted by Gasteiger charge is -2.29. The van der Waals surface area contributed by atoms with E-state index in [1.54, 1.807) is 13.4 Å². The summed E-state index contributed by atoms with van der Waals surface area (Å²) in [4.78, 5) is 10.8. The molecule has 0 saturated heterocycles. The van der Waals surface area contributed by atoms with E-state index in [1.165, 1.54) is 0 Å². The molecule has 20 heavy (non-hydrogen) atoms. The Labute approximate surface area is 119 Å². The molecule has 0 unspecified atom stereocenters. The Bertz CT molecular complexity index is 595. The number of para-hydroxylation sites is 1. The van der Waals surface area contributed by atoms with Crippen molar-refractivity contribution in [1.29, 1.82) is 0 Å². The number of rotatable bonds is 5. The average molecular weight is 275 g/mol. The van der Waals surface area contributed by atoms with Gasteiger partial charge in [0.1, 0.15) is 0 Å². The Hall–Kier alpha value is -1.97. The van der Waals surface area contributed by atoms with Crippen LogP contribution in [0.4, 0.5) is 0 Å². The summed E-state index contributed by atoms with van der Waals surface area (Å²) in [5.41, 5.74) is 1.81. The van der Waals surface area contributed by atoms with Crippen LogP contribution in [0.3, 0.4) is 0 Å². The maximum absolute atomic E-state index is 10.8. The minimum atomic E-state index is -0.0244. The van der Waals surface area contributed by atoms with Gasteiger partial charge in [0.2, 0.25) is 6.41 Å². The second-order valence-electron chi connectivity index (χ2n) is 6.01. The number of ether oxygens (including phenoxy) is 1. The van der Waals surface area contributed by atoms with E-state index in [2.05, 4.69) is 26.1 Å². The summed E-state index contributed by atoms with van der Waals surface area (Å²) < 4.78 is 10.9. The number of fused-ring (bicyclic) bond motifs is 1. The fourth-order valence-electron chi connectivity index (χ4n) is 2.32. The lowest BCUT2D eigenvalue weighted by molar-refractivity contribution is -0.110. The van der Waals surface area contributed by atoms with Crippen LogP contribution in [0.15, 0.2) is 28.9 Å². The SMILES string of the molecule is COc1cccc2c(C[C@@H](NC=O)C(C)(C)C)coc12. The van der Waals surface area contributed by atoms with Gasteiger partial charge in [-0.2, -0.15) is 0 Å². The van der Waals surface area contributed by atoms with Crippen LogP contribution in [0.1, 0.15) is 26.3 Å². The van der Waals surface area contributed by atoms with Crippen LogP contribution in [-0.4, -0.2) is 19.6 Å². The molecular formula is C16H21NO3. The van der Waals surface area contributed by atoms with Crippen molar-refractivity contribution in [3.05, 3.63) is 30.0 Å². The summed E-state index contributed by atoms with van der Waals surface area (Å²) in [5, 5.41) is 3.93. The zero-order valence-corrected chi connectivity index (χ0v) is 12.4. The predicted molar refractivity (Wildman–Crippen MR) is 78.9 cm³/mol. The van der Waals surface area contributed by atoms with E-state index in [0.717, 1.165) is 35.1 Å². The summed E-state index contributed by atoms with van der Waals surface area (Å²) in [7, 11) is 1.63. The minimum absolute atomic E-state index is 0.0244. The molecule has 1 aromatic heterocycles. The molecule has 4 heteroatoms. The quantitative estimate of drug-likeness (QED) is 0.853. The number of methoxy groups -OCH3 is 1. The van der Waals surface area contributed by atoms with Crippen LogP contribution >= 0.6 is 0 Å². The first-order valence-corrected chi connectivity index (χ1v) is 6.70.